The molecule has 88 valence electrons. The summed E-state index contributed by atoms with van der Waals surface area (Å²) < 4.78 is 5.05. The largest absolute Gasteiger partial charge is 0.444 e. The molecule has 1 amide bonds. The minimum Gasteiger partial charge on any atom is -0.444 e. The van der Waals surface area contributed by atoms with E-state index in [9.17, 15) is 4.79 Å². The molecule has 0 aromatic rings. The zero-order chi connectivity index (χ0) is 11.3. The van der Waals surface area contributed by atoms with Gasteiger partial charge in [0.25, 0.3) is 0 Å². The summed E-state index contributed by atoms with van der Waals surface area (Å²) in [7, 11) is 0. The highest BCUT2D eigenvalue weighted by molar-refractivity contribution is 5.65. The Hall–Kier alpha value is -0.770. The molecular formula is C11H22N2O2. The van der Waals surface area contributed by atoms with Crippen LogP contribution in [0.2, 0.25) is 0 Å². The molecule has 0 atom stereocenters. The molecule has 0 spiro atoms. The van der Waals surface area contributed by atoms with Gasteiger partial charge in [-0.15, -0.1) is 0 Å². The summed E-state index contributed by atoms with van der Waals surface area (Å²) in [6, 6.07) is 0. The van der Waals surface area contributed by atoms with E-state index in [4.69, 9.17) is 10.5 Å². The number of carbonyl (C=O) groups excluding carboxylic acids is 1. The van der Waals surface area contributed by atoms with Gasteiger partial charge in [0.05, 0.1) is 0 Å². The average molecular weight is 214 g/mol. The normalized spacial score (nSPS) is 18.8. The van der Waals surface area contributed by atoms with Crippen LogP contribution in [0.25, 0.3) is 0 Å². The topological polar surface area (TPSA) is 64.3 Å². The lowest BCUT2D eigenvalue weighted by Crippen LogP contribution is -2.33. The third-order valence-electron chi connectivity index (χ3n) is 2.99. The molecule has 1 fully saturated rings. The van der Waals surface area contributed by atoms with Crippen molar-refractivity contribution in [3.8, 4) is 0 Å². The predicted molar refractivity (Wildman–Crippen MR) is 59.6 cm³/mol. The molecule has 0 aromatic carbocycles. The second-order valence-electron chi connectivity index (χ2n) is 4.91. The van der Waals surface area contributed by atoms with Gasteiger partial charge in [-0.2, -0.15) is 0 Å². The highest BCUT2D eigenvalue weighted by atomic mass is 16.6. The van der Waals surface area contributed by atoms with Crippen LogP contribution in [0.4, 0.5) is 4.79 Å². The first-order valence-corrected chi connectivity index (χ1v) is 5.69. The van der Waals surface area contributed by atoms with Gasteiger partial charge >= 0.3 is 6.09 Å². The Kier molecular flexibility index (Phi) is 4.39. The fourth-order valence-corrected chi connectivity index (χ4v) is 2.05. The van der Waals surface area contributed by atoms with E-state index in [1.807, 2.05) is 13.8 Å². The number of ether oxygens (including phenoxy) is 1. The number of nitrogens with one attached hydrogen (secondary N) is 1. The molecule has 1 rings (SSSR count). The van der Waals surface area contributed by atoms with Crippen molar-refractivity contribution in [1.29, 1.82) is 0 Å². The fourth-order valence-electron chi connectivity index (χ4n) is 2.05. The maximum atomic E-state index is 10.7. The molecule has 1 saturated heterocycles. The fraction of sp³-hybridized carbons (Fsp3) is 0.909. The molecule has 0 aliphatic carbocycles. The molecule has 1 aliphatic rings. The van der Waals surface area contributed by atoms with Gasteiger partial charge in [-0.25, -0.2) is 4.79 Å². The first kappa shape index (κ1) is 12.3. The molecule has 0 unspecified atom stereocenters. The van der Waals surface area contributed by atoms with Crippen LogP contribution >= 0.6 is 0 Å². The van der Waals surface area contributed by atoms with Gasteiger partial charge in [-0.1, -0.05) is 0 Å². The molecule has 1 heterocycles. The van der Waals surface area contributed by atoms with Crippen molar-refractivity contribution >= 4 is 6.09 Å². The smallest absolute Gasteiger partial charge is 0.405 e. The van der Waals surface area contributed by atoms with Crippen LogP contribution in [0.1, 0.15) is 39.5 Å². The van der Waals surface area contributed by atoms with Crippen LogP contribution in [0.3, 0.4) is 0 Å². The van der Waals surface area contributed by atoms with Crippen LogP contribution in [0.15, 0.2) is 0 Å². The van der Waals surface area contributed by atoms with E-state index in [0.29, 0.717) is 0 Å². The number of hydrogen-bond donors (Lipinski definition) is 2. The van der Waals surface area contributed by atoms with Gasteiger partial charge in [0.15, 0.2) is 0 Å². The Morgan fingerprint density at radius 2 is 2.07 bits per heavy atom. The lowest BCUT2D eigenvalue weighted by atomic mass is 9.89. The maximum Gasteiger partial charge on any atom is 0.405 e. The number of carbonyl (C=O) groups is 1. The lowest BCUT2D eigenvalue weighted by molar-refractivity contribution is 0.0332. The molecule has 3 N–H and O–H groups in total. The summed E-state index contributed by atoms with van der Waals surface area (Å²) in [4.78, 5) is 10.7. The van der Waals surface area contributed by atoms with Crippen LogP contribution in [0.5, 0.6) is 0 Å². The van der Waals surface area contributed by atoms with Gasteiger partial charge in [-0.05, 0) is 58.5 Å². The van der Waals surface area contributed by atoms with Crippen molar-refractivity contribution in [3.63, 3.8) is 0 Å². The summed E-state index contributed by atoms with van der Waals surface area (Å²) in [5.74, 6) is 0.766. The molecule has 0 radical (unpaired) electrons. The van der Waals surface area contributed by atoms with Crippen molar-refractivity contribution < 1.29 is 9.53 Å². The monoisotopic (exact) mass is 214 g/mol. The molecule has 4 nitrogen and oxygen atoms in total. The first-order chi connectivity index (χ1) is 6.99. The number of amides is 1. The predicted octanol–water partition coefficient (Wildman–Crippen LogP) is 1.64. The van der Waals surface area contributed by atoms with Gasteiger partial charge in [0.2, 0.25) is 0 Å². The second-order valence-corrected chi connectivity index (χ2v) is 4.91. The van der Waals surface area contributed by atoms with E-state index in [1.165, 1.54) is 12.8 Å². The molecular weight excluding hydrogens is 192 g/mol. The number of nitrogens with two attached hydrogens (primary N) is 1. The third kappa shape index (κ3) is 5.02. The molecule has 0 saturated carbocycles. The van der Waals surface area contributed by atoms with Crippen LogP contribution < -0.4 is 11.1 Å². The van der Waals surface area contributed by atoms with Gasteiger partial charge in [-0.3, -0.25) is 0 Å². The minimum atomic E-state index is -0.676. The standard InChI is InChI=1S/C11H22N2O2/c1-11(2,15-10(12)14)6-3-9-4-7-13-8-5-9/h9,13H,3-8H2,1-2H3,(H2,12,14). The Morgan fingerprint density at radius 3 is 2.60 bits per heavy atom. The summed E-state index contributed by atoms with van der Waals surface area (Å²) in [5.41, 5.74) is 4.60. The van der Waals surface area contributed by atoms with E-state index in [2.05, 4.69) is 5.32 Å². The van der Waals surface area contributed by atoms with E-state index < -0.39 is 11.7 Å². The Morgan fingerprint density at radius 1 is 1.47 bits per heavy atom. The van der Waals surface area contributed by atoms with Crippen molar-refractivity contribution in [2.45, 2.75) is 45.1 Å². The third-order valence-corrected chi connectivity index (χ3v) is 2.99. The number of rotatable bonds is 4. The summed E-state index contributed by atoms with van der Waals surface area (Å²) in [5, 5.41) is 3.34. The van der Waals surface area contributed by atoms with Crippen molar-refractivity contribution in [3.05, 3.63) is 0 Å². The summed E-state index contributed by atoms with van der Waals surface area (Å²) in [6.45, 7) is 6.06. The second kappa shape index (κ2) is 5.35. The summed E-state index contributed by atoms with van der Waals surface area (Å²) in [6.07, 6.45) is 3.78. The number of primary amides is 1. The number of piperidine rings is 1. The zero-order valence-corrected chi connectivity index (χ0v) is 9.71. The Labute approximate surface area is 91.5 Å². The maximum absolute atomic E-state index is 10.7. The average Bonchev–Trinajstić information content (AvgIpc) is 2.15. The van der Waals surface area contributed by atoms with Gasteiger partial charge in [0, 0.05) is 0 Å². The highest BCUT2D eigenvalue weighted by Crippen LogP contribution is 2.24. The van der Waals surface area contributed by atoms with Crippen LogP contribution in [-0.2, 0) is 4.74 Å². The van der Waals surface area contributed by atoms with Crippen LogP contribution in [-0.4, -0.2) is 24.8 Å². The van der Waals surface area contributed by atoms with E-state index >= 15 is 0 Å². The molecule has 15 heavy (non-hydrogen) atoms. The quantitative estimate of drug-likeness (QED) is 0.747. The molecule has 1 aliphatic heterocycles. The molecule has 0 aromatic heterocycles. The van der Waals surface area contributed by atoms with Crippen LogP contribution in [0, 0.1) is 5.92 Å². The van der Waals surface area contributed by atoms with E-state index in [1.54, 1.807) is 0 Å². The minimum absolute atomic E-state index is 0.420. The van der Waals surface area contributed by atoms with Crippen molar-refractivity contribution in [2.24, 2.45) is 11.7 Å². The Bertz CT molecular complexity index is 211. The highest BCUT2D eigenvalue weighted by Gasteiger charge is 2.23. The lowest BCUT2D eigenvalue weighted by Gasteiger charge is -2.28. The first-order valence-electron chi connectivity index (χ1n) is 5.69. The molecule has 0 bridgehead atoms. The number of hydrogen-bond acceptors (Lipinski definition) is 3. The molecule has 4 heteroatoms. The van der Waals surface area contributed by atoms with E-state index in [0.717, 1.165) is 31.8 Å². The summed E-state index contributed by atoms with van der Waals surface area (Å²) >= 11 is 0. The van der Waals surface area contributed by atoms with E-state index in [-0.39, 0.29) is 0 Å². The van der Waals surface area contributed by atoms with Gasteiger partial charge in [0.1, 0.15) is 5.60 Å². The van der Waals surface area contributed by atoms with Crippen molar-refractivity contribution in [1.82, 2.24) is 5.32 Å². The van der Waals surface area contributed by atoms with Gasteiger partial charge < -0.3 is 15.8 Å². The zero-order valence-electron chi connectivity index (χ0n) is 9.71. The SMILES string of the molecule is CC(C)(CCC1CCNCC1)OC(N)=O. The Balaban J connectivity index is 2.24. The van der Waals surface area contributed by atoms with Crippen molar-refractivity contribution in [2.75, 3.05) is 13.1 Å².